The molecule has 0 amide bonds. The van der Waals surface area contributed by atoms with Gasteiger partial charge in [-0.3, -0.25) is 9.59 Å². The number of carboxylic acids is 1. The Kier molecular flexibility index (Phi) is 3.28. The fourth-order valence-corrected chi connectivity index (χ4v) is 1.30. The van der Waals surface area contributed by atoms with Gasteiger partial charge in [0.1, 0.15) is 6.29 Å². The van der Waals surface area contributed by atoms with Gasteiger partial charge < -0.3 is 14.9 Å². The van der Waals surface area contributed by atoms with Gasteiger partial charge in [0, 0.05) is 11.1 Å². The smallest absolute Gasteiger partial charge is 0.307 e. The van der Waals surface area contributed by atoms with Crippen molar-refractivity contribution in [1.29, 1.82) is 0 Å². The fraction of sp³-hybridized carbons (Fsp3) is 0.200. The highest BCUT2D eigenvalue weighted by Crippen LogP contribution is 2.32. The van der Waals surface area contributed by atoms with Crippen molar-refractivity contribution in [2.45, 2.75) is 6.42 Å². The number of rotatable bonds is 4. The molecule has 0 atom stereocenters. The first kappa shape index (κ1) is 11.0. The lowest BCUT2D eigenvalue weighted by Gasteiger charge is -2.10. The molecule has 0 spiro atoms. The van der Waals surface area contributed by atoms with Crippen LogP contribution in [0.3, 0.4) is 0 Å². The van der Waals surface area contributed by atoms with Gasteiger partial charge in [-0.25, -0.2) is 0 Å². The maximum Gasteiger partial charge on any atom is 0.307 e. The van der Waals surface area contributed by atoms with Crippen LogP contribution in [0.2, 0.25) is 0 Å². The van der Waals surface area contributed by atoms with E-state index in [-0.39, 0.29) is 29.0 Å². The molecular weight excluding hydrogens is 200 g/mol. The number of carbonyl (C=O) groups excluding carboxylic acids is 1. The predicted octanol–water partition coefficient (Wildman–Crippen LogP) is 0.840. The van der Waals surface area contributed by atoms with Gasteiger partial charge in [-0.1, -0.05) is 0 Å². The number of hydrogen-bond acceptors (Lipinski definition) is 4. The lowest BCUT2D eigenvalue weighted by Crippen LogP contribution is -2.05. The second kappa shape index (κ2) is 4.45. The minimum Gasteiger partial charge on any atom is -0.504 e. The number of methoxy groups -OCH3 is 1. The van der Waals surface area contributed by atoms with Gasteiger partial charge in [-0.05, 0) is 12.1 Å². The zero-order valence-corrected chi connectivity index (χ0v) is 8.06. The SMILES string of the molecule is COc1c(O)ccc(C=O)c1CC(=O)O. The molecule has 0 saturated carbocycles. The van der Waals surface area contributed by atoms with Crippen LogP contribution in [-0.4, -0.2) is 29.6 Å². The van der Waals surface area contributed by atoms with Crippen LogP contribution in [0.1, 0.15) is 15.9 Å². The van der Waals surface area contributed by atoms with Crippen LogP contribution < -0.4 is 4.74 Å². The molecule has 0 aromatic heterocycles. The topological polar surface area (TPSA) is 83.8 Å². The van der Waals surface area contributed by atoms with Crippen LogP contribution >= 0.6 is 0 Å². The number of phenols is 1. The molecule has 0 aliphatic heterocycles. The van der Waals surface area contributed by atoms with Crippen molar-refractivity contribution in [2.24, 2.45) is 0 Å². The number of phenolic OH excluding ortho intramolecular Hbond substituents is 1. The molecule has 0 heterocycles. The van der Waals surface area contributed by atoms with Crippen molar-refractivity contribution < 1.29 is 24.5 Å². The maximum absolute atomic E-state index is 10.7. The van der Waals surface area contributed by atoms with Gasteiger partial charge in [0.2, 0.25) is 0 Å². The highest BCUT2D eigenvalue weighted by molar-refractivity contribution is 5.83. The summed E-state index contributed by atoms with van der Waals surface area (Å²) in [6.07, 6.45) is 0.159. The molecule has 0 aliphatic carbocycles. The minimum atomic E-state index is -1.10. The second-order valence-corrected chi connectivity index (χ2v) is 2.87. The van der Waals surface area contributed by atoms with Gasteiger partial charge in [0.05, 0.1) is 13.5 Å². The minimum absolute atomic E-state index is 0.0296. The molecule has 1 rings (SSSR count). The summed E-state index contributed by atoms with van der Waals surface area (Å²) in [5, 5.41) is 18.0. The van der Waals surface area contributed by atoms with Gasteiger partial charge in [0.25, 0.3) is 0 Å². The van der Waals surface area contributed by atoms with E-state index >= 15 is 0 Å². The van der Waals surface area contributed by atoms with E-state index in [1.54, 1.807) is 0 Å². The molecule has 5 nitrogen and oxygen atoms in total. The van der Waals surface area contributed by atoms with E-state index < -0.39 is 5.97 Å². The Morgan fingerprint density at radius 1 is 1.53 bits per heavy atom. The molecule has 0 fully saturated rings. The molecule has 0 unspecified atom stereocenters. The molecule has 80 valence electrons. The van der Waals surface area contributed by atoms with Crippen LogP contribution in [0.5, 0.6) is 11.5 Å². The first-order valence-corrected chi connectivity index (χ1v) is 4.16. The summed E-state index contributed by atoms with van der Waals surface area (Å²) < 4.78 is 4.85. The summed E-state index contributed by atoms with van der Waals surface area (Å²) in [5.74, 6) is -1.25. The quantitative estimate of drug-likeness (QED) is 0.719. The van der Waals surface area contributed by atoms with Crippen molar-refractivity contribution in [1.82, 2.24) is 0 Å². The largest absolute Gasteiger partial charge is 0.504 e. The molecule has 0 radical (unpaired) electrons. The van der Waals surface area contributed by atoms with Gasteiger partial charge in [-0.15, -0.1) is 0 Å². The molecule has 0 saturated heterocycles. The number of ether oxygens (including phenoxy) is 1. The van der Waals surface area contributed by atoms with Crippen LogP contribution in [0, 0.1) is 0 Å². The molecule has 0 aliphatic rings. The van der Waals surface area contributed by atoms with E-state index in [0.29, 0.717) is 6.29 Å². The zero-order valence-electron chi connectivity index (χ0n) is 8.06. The van der Waals surface area contributed by atoms with E-state index in [4.69, 9.17) is 9.84 Å². The summed E-state index contributed by atoms with van der Waals surface area (Å²) in [6.45, 7) is 0. The fourth-order valence-electron chi connectivity index (χ4n) is 1.30. The van der Waals surface area contributed by atoms with E-state index in [0.717, 1.165) is 0 Å². The van der Waals surface area contributed by atoms with Crippen molar-refractivity contribution >= 4 is 12.3 Å². The lowest BCUT2D eigenvalue weighted by atomic mass is 10.0. The molecule has 15 heavy (non-hydrogen) atoms. The van der Waals surface area contributed by atoms with E-state index in [1.165, 1.54) is 19.2 Å². The summed E-state index contributed by atoms with van der Waals surface area (Å²) in [7, 11) is 1.30. The van der Waals surface area contributed by atoms with Crippen LogP contribution in [0.25, 0.3) is 0 Å². The highest BCUT2D eigenvalue weighted by atomic mass is 16.5. The third-order valence-corrected chi connectivity index (χ3v) is 1.94. The van der Waals surface area contributed by atoms with Crippen molar-refractivity contribution in [2.75, 3.05) is 7.11 Å². The Labute approximate surface area is 85.9 Å². The maximum atomic E-state index is 10.7. The number of aromatic hydroxyl groups is 1. The van der Waals surface area contributed by atoms with Gasteiger partial charge in [0.15, 0.2) is 11.5 Å². The average Bonchev–Trinajstić information content (AvgIpc) is 2.18. The standard InChI is InChI=1S/C10H10O5/c1-15-10-7(4-9(13)14)6(5-11)2-3-8(10)12/h2-3,5,12H,4H2,1H3,(H,13,14). The Balaban J connectivity index is 3.33. The Hall–Kier alpha value is -2.04. The first-order chi connectivity index (χ1) is 7.10. The molecule has 1 aromatic rings. The van der Waals surface area contributed by atoms with Gasteiger partial charge in [-0.2, -0.15) is 0 Å². The van der Waals surface area contributed by atoms with Crippen molar-refractivity contribution in [3.8, 4) is 11.5 Å². The highest BCUT2D eigenvalue weighted by Gasteiger charge is 2.15. The molecular formula is C10H10O5. The Bertz CT molecular complexity index is 397. The van der Waals surface area contributed by atoms with Crippen molar-refractivity contribution in [3.05, 3.63) is 23.3 Å². The lowest BCUT2D eigenvalue weighted by molar-refractivity contribution is -0.136. The predicted molar refractivity (Wildman–Crippen MR) is 51.4 cm³/mol. The number of hydrogen-bond donors (Lipinski definition) is 2. The number of benzene rings is 1. The van der Waals surface area contributed by atoms with E-state index in [2.05, 4.69) is 0 Å². The normalized spacial score (nSPS) is 9.67. The zero-order chi connectivity index (χ0) is 11.4. The number of aliphatic carboxylic acids is 1. The Morgan fingerprint density at radius 3 is 2.67 bits per heavy atom. The van der Waals surface area contributed by atoms with Crippen LogP contribution in [0.15, 0.2) is 12.1 Å². The van der Waals surface area contributed by atoms with Crippen LogP contribution in [-0.2, 0) is 11.2 Å². The third kappa shape index (κ3) is 2.25. The summed E-state index contributed by atoms with van der Waals surface area (Å²) in [5.41, 5.74) is 0.382. The van der Waals surface area contributed by atoms with E-state index in [1.807, 2.05) is 0 Å². The average molecular weight is 210 g/mol. The number of aldehydes is 1. The summed E-state index contributed by atoms with van der Waals surface area (Å²) in [6, 6.07) is 2.64. The van der Waals surface area contributed by atoms with E-state index in [9.17, 15) is 14.7 Å². The molecule has 5 heteroatoms. The molecule has 2 N–H and O–H groups in total. The third-order valence-electron chi connectivity index (χ3n) is 1.94. The Morgan fingerprint density at radius 2 is 2.20 bits per heavy atom. The van der Waals surface area contributed by atoms with Crippen LogP contribution in [0.4, 0.5) is 0 Å². The second-order valence-electron chi connectivity index (χ2n) is 2.87. The molecule has 0 bridgehead atoms. The van der Waals surface area contributed by atoms with Crippen molar-refractivity contribution in [3.63, 3.8) is 0 Å². The first-order valence-electron chi connectivity index (χ1n) is 4.16. The number of carboxylic acid groups (broad SMARTS) is 1. The monoisotopic (exact) mass is 210 g/mol. The molecule has 1 aromatic carbocycles. The van der Waals surface area contributed by atoms with Gasteiger partial charge >= 0.3 is 5.97 Å². The summed E-state index contributed by atoms with van der Waals surface area (Å²) >= 11 is 0. The summed E-state index contributed by atoms with van der Waals surface area (Å²) in [4.78, 5) is 21.2. The number of carbonyl (C=O) groups is 2.